The van der Waals surface area contributed by atoms with Crippen LogP contribution in [-0.4, -0.2) is 36.1 Å². The molecule has 1 atom stereocenters. The van der Waals surface area contributed by atoms with Gasteiger partial charge in [-0.05, 0) is 38.4 Å². The summed E-state index contributed by atoms with van der Waals surface area (Å²) in [5, 5.41) is 14.8. The van der Waals surface area contributed by atoms with Gasteiger partial charge < -0.3 is 15.7 Å². The summed E-state index contributed by atoms with van der Waals surface area (Å²) in [5.41, 5.74) is 0.326. The number of carbonyl (C=O) groups excluding carboxylic acids is 1. The molecular weight excluding hydrogens is 256 g/mol. The predicted molar refractivity (Wildman–Crippen MR) is 75.5 cm³/mol. The van der Waals surface area contributed by atoms with Crippen LogP contribution >= 0.6 is 0 Å². The molecule has 108 valence electrons. The average Bonchev–Trinajstić information content (AvgIpc) is 2.48. The fourth-order valence-electron chi connectivity index (χ4n) is 2.65. The second-order valence-electron chi connectivity index (χ2n) is 5.23. The predicted octanol–water partition coefficient (Wildman–Crippen LogP) is 0.897. The minimum Gasteiger partial charge on any atom is -0.480 e. The van der Waals surface area contributed by atoms with E-state index >= 15 is 0 Å². The van der Waals surface area contributed by atoms with E-state index in [4.69, 9.17) is 5.11 Å². The van der Waals surface area contributed by atoms with E-state index in [1.54, 1.807) is 0 Å². The number of piperidine rings is 1. The van der Waals surface area contributed by atoms with Gasteiger partial charge in [0, 0.05) is 0 Å². The van der Waals surface area contributed by atoms with Crippen LogP contribution in [0.2, 0.25) is 0 Å². The first kappa shape index (κ1) is 14.5. The van der Waals surface area contributed by atoms with E-state index in [1.807, 2.05) is 30.3 Å². The molecule has 1 aliphatic heterocycles. The van der Waals surface area contributed by atoms with Crippen LogP contribution in [0.15, 0.2) is 30.3 Å². The zero-order valence-corrected chi connectivity index (χ0v) is 11.6. The van der Waals surface area contributed by atoms with E-state index in [-0.39, 0.29) is 5.91 Å². The highest BCUT2D eigenvalue weighted by atomic mass is 16.4. The van der Waals surface area contributed by atoms with Gasteiger partial charge in [-0.15, -0.1) is 0 Å². The van der Waals surface area contributed by atoms with E-state index in [1.165, 1.54) is 6.92 Å². The number of carbonyl (C=O) groups is 2. The van der Waals surface area contributed by atoms with Crippen LogP contribution in [0.3, 0.4) is 0 Å². The Hall–Kier alpha value is -1.88. The molecule has 1 aromatic carbocycles. The molecule has 2 rings (SSSR count). The number of rotatable bonds is 4. The summed E-state index contributed by atoms with van der Waals surface area (Å²) in [6, 6.07) is 8.74. The molecule has 0 spiro atoms. The maximum Gasteiger partial charge on any atom is 0.325 e. The van der Waals surface area contributed by atoms with Crippen molar-refractivity contribution in [2.75, 3.05) is 13.1 Å². The van der Waals surface area contributed by atoms with E-state index in [2.05, 4.69) is 10.6 Å². The Bertz CT molecular complexity index is 481. The van der Waals surface area contributed by atoms with Gasteiger partial charge in [-0.1, -0.05) is 30.3 Å². The van der Waals surface area contributed by atoms with Crippen molar-refractivity contribution in [1.82, 2.24) is 10.6 Å². The molecule has 5 heteroatoms. The lowest BCUT2D eigenvalue weighted by atomic mass is 9.72. The molecule has 1 saturated heterocycles. The highest BCUT2D eigenvalue weighted by Crippen LogP contribution is 2.33. The topological polar surface area (TPSA) is 78.4 Å². The van der Waals surface area contributed by atoms with Crippen LogP contribution in [0, 0.1) is 0 Å². The van der Waals surface area contributed by atoms with Crippen molar-refractivity contribution in [3.8, 4) is 0 Å². The van der Waals surface area contributed by atoms with Gasteiger partial charge in [-0.2, -0.15) is 0 Å². The van der Waals surface area contributed by atoms with Gasteiger partial charge in [-0.25, -0.2) is 0 Å². The van der Waals surface area contributed by atoms with Crippen LogP contribution < -0.4 is 10.6 Å². The molecular formula is C15H20N2O3. The Morgan fingerprint density at radius 2 is 1.85 bits per heavy atom. The normalized spacial score (nSPS) is 19.1. The molecule has 1 heterocycles. The molecule has 0 unspecified atom stereocenters. The third kappa shape index (κ3) is 2.82. The highest BCUT2D eigenvalue weighted by Gasteiger charge is 2.41. The molecule has 1 aromatic rings. The number of hydrogen-bond acceptors (Lipinski definition) is 3. The maximum atomic E-state index is 12.6. The second kappa shape index (κ2) is 6.05. The van der Waals surface area contributed by atoms with Crippen molar-refractivity contribution < 1.29 is 14.7 Å². The lowest BCUT2D eigenvalue weighted by molar-refractivity contribution is -0.142. The molecule has 0 aliphatic carbocycles. The lowest BCUT2D eigenvalue weighted by Crippen LogP contribution is -2.53. The van der Waals surface area contributed by atoms with Crippen molar-refractivity contribution in [2.24, 2.45) is 0 Å². The van der Waals surface area contributed by atoms with E-state index in [0.717, 1.165) is 18.7 Å². The monoisotopic (exact) mass is 276 g/mol. The number of carboxylic acid groups (broad SMARTS) is 1. The summed E-state index contributed by atoms with van der Waals surface area (Å²) in [6.07, 6.45) is 1.35. The van der Waals surface area contributed by atoms with Crippen molar-refractivity contribution >= 4 is 11.9 Å². The Labute approximate surface area is 118 Å². The third-order valence-electron chi connectivity index (χ3n) is 3.94. The van der Waals surface area contributed by atoms with Crippen LogP contribution in [0.25, 0.3) is 0 Å². The summed E-state index contributed by atoms with van der Waals surface area (Å²) in [4.78, 5) is 23.6. The molecule has 1 aliphatic rings. The fraction of sp³-hybridized carbons (Fsp3) is 0.467. The summed E-state index contributed by atoms with van der Waals surface area (Å²) >= 11 is 0. The third-order valence-corrected chi connectivity index (χ3v) is 3.94. The van der Waals surface area contributed by atoms with Crippen LogP contribution in [-0.2, 0) is 15.0 Å². The number of nitrogens with one attached hydrogen (secondary N) is 2. The van der Waals surface area contributed by atoms with Crippen molar-refractivity contribution in [3.05, 3.63) is 35.9 Å². The summed E-state index contributed by atoms with van der Waals surface area (Å²) in [6.45, 7) is 2.99. The van der Waals surface area contributed by atoms with Crippen LogP contribution in [0.5, 0.6) is 0 Å². The number of benzene rings is 1. The van der Waals surface area contributed by atoms with Crippen LogP contribution in [0.4, 0.5) is 0 Å². The highest BCUT2D eigenvalue weighted by molar-refractivity contribution is 5.91. The van der Waals surface area contributed by atoms with Crippen molar-refractivity contribution in [3.63, 3.8) is 0 Å². The molecule has 3 N–H and O–H groups in total. The Kier molecular flexibility index (Phi) is 4.39. The zero-order chi connectivity index (χ0) is 14.6. The SMILES string of the molecule is C[C@@H](NC(=O)C1(c2ccccc2)CCNCC1)C(=O)O. The van der Waals surface area contributed by atoms with E-state index in [0.29, 0.717) is 12.8 Å². The van der Waals surface area contributed by atoms with Crippen LogP contribution in [0.1, 0.15) is 25.3 Å². The van der Waals surface area contributed by atoms with Crippen molar-refractivity contribution in [1.29, 1.82) is 0 Å². The summed E-state index contributed by atoms with van der Waals surface area (Å²) in [5.74, 6) is -1.21. The van der Waals surface area contributed by atoms with Gasteiger partial charge in [0.25, 0.3) is 0 Å². The molecule has 0 saturated carbocycles. The van der Waals surface area contributed by atoms with Gasteiger partial charge in [0.1, 0.15) is 6.04 Å². The first-order valence-electron chi connectivity index (χ1n) is 6.86. The first-order valence-corrected chi connectivity index (χ1v) is 6.86. The number of aliphatic carboxylic acids is 1. The van der Waals surface area contributed by atoms with Gasteiger partial charge in [-0.3, -0.25) is 9.59 Å². The average molecular weight is 276 g/mol. The zero-order valence-electron chi connectivity index (χ0n) is 11.6. The molecule has 0 radical (unpaired) electrons. The Balaban J connectivity index is 2.28. The minimum atomic E-state index is -1.02. The van der Waals surface area contributed by atoms with Gasteiger partial charge in [0.05, 0.1) is 5.41 Å². The smallest absolute Gasteiger partial charge is 0.325 e. The summed E-state index contributed by atoms with van der Waals surface area (Å²) in [7, 11) is 0. The standard InChI is InChI=1S/C15H20N2O3/c1-11(13(18)19)17-14(20)15(7-9-16-10-8-15)12-5-3-2-4-6-12/h2-6,11,16H,7-10H2,1H3,(H,17,20)(H,18,19)/t11-/m1/s1. The quantitative estimate of drug-likeness (QED) is 0.763. The minimum absolute atomic E-state index is 0.194. The van der Waals surface area contributed by atoms with Gasteiger partial charge in [0.2, 0.25) is 5.91 Å². The molecule has 20 heavy (non-hydrogen) atoms. The lowest BCUT2D eigenvalue weighted by Gasteiger charge is -2.37. The summed E-state index contributed by atoms with van der Waals surface area (Å²) < 4.78 is 0. The molecule has 0 aromatic heterocycles. The van der Waals surface area contributed by atoms with E-state index in [9.17, 15) is 9.59 Å². The number of amides is 1. The largest absolute Gasteiger partial charge is 0.480 e. The molecule has 1 amide bonds. The number of carboxylic acids is 1. The van der Waals surface area contributed by atoms with Crippen molar-refractivity contribution in [2.45, 2.75) is 31.2 Å². The molecule has 5 nitrogen and oxygen atoms in total. The van der Waals surface area contributed by atoms with Gasteiger partial charge in [0.15, 0.2) is 0 Å². The maximum absolute atomic E-state index is 12.6. The Morgan fingerprint density at radius 3 is 2.40 bits per heavy atom. The van der Waals surface area contributed by atoms with Gasteiger partial charge >= 0.3 is 5.97 Å². The number of hydrogen-bond donors (Lipinski definition) is 3. The molecule has 1 fully saturated rings. The van der Waals surface area contributed by atoms with E-state index < -0.39 is 17.4 Å². The molecule has 0 bridgehead atoms. The second-order valence-corrected chi connectivity index (χ2v) is 5.23. The Morgan fingerprint density at radius 1 is 1.25 bits per heavy atom. The fourth-order valence-corrected chi connectivity index (χ4v) is 2.65. The first-order chi connectivity index (χ1) is 9.56.